The number of sulfone groups is 1. The molecule has 2 N–H and O–H groups in total. The average molecular weight is 328 g/mol. The van der Waals surface area contributed by atoms with Gasteiger partial charge in [-0.15, -0.1) is 0 Å². The lowest BCUT2D eigenvalue weighted by molar-refractivity contribution is -0.385. The molecule has 1 atom stereocenters. The van der Waals surface area contributed by atoms with E-state index in [0.29, 0.717) is 0 Å². The van der Waals surface area contributed by atoms with Gasteiger partial charge in [-0.05, 0) is 13.3 Å². The fourth-order valence-corrected chi connectivity index (χ4v) is 4.36. The summed E-state index contributed by atoms with van der Waals surface area (Å²) >= 11 is 0. The largest absolute Gasteiger partial charge is 0.871 e. The van der Waals surface area contributed by atoms with Gasteiger partial charge >= 0.3 is 6.03 Å². The Hall–Kier alpha value is -2.36. The highest BCUT2D eigenvalue weighted by atomic mass is 32.2. The van der Waals surface area contributed by atoms with E-state index in [1.54, 1.807) is 6.92 Å². The third kappa shape index (κ3) is 3.64. The summed E-state index contributed by atoms with van der Waals surface area (Å²) in [5, 5.41) is 27.0. The van der Waals surface area contributed by atoms with Crippen molar-refractivity contribution in [1.82, 2.24) is 5.32 Å². The molecule has 1 aliphatic heterocycles. The lowest BCUT2D eigenvalue weighted by Gasteiger charge is -2.24. The van der Waals surface area contributed by atoms with Crippen molar-refractivity contribution in [3.63, 3.8) is 0 Å². The summed E-state index contributed by atoms with van der Waals surface area (Å²) < 4.78 is 22.9. The molecule has 0 bridgehead atoms. The van der Waals surface area contributed by atoms with Crippen LogP contribution in [0.4, 0.5) is 16.2 Å². The molecular weight excluding hydrogens is 314 g/mol. The number of carbonyl (C=O) groups excluding carboxylic acids is 1. The van der Waals surface area contributed by atoms with Gasteiger partial charge in [0.05, 0.1) is 22.0 Å². The summed E-state index contributed by atoms with van der Waals surface area (Å²) in [5.74, 6) is -0.787. The lowest BCUT2D eigenvalue weighted by atomic mass is 10.0. The molecule has 0 saturated carbocycles. The summed E-state index contributed by atoms with van der Waals surface area (Å²) in [5.41, 5.74) is -1.49. The van der Waals surface area contributed by atoms with E-state index in [4.69, 9.17) is 0 Å². The van der Waals surface area contributed by atoms with Crippen LogP contribution in [0.3, 0.4) is 0 Å². The Kier molecular flexibility index (Phi) is 3.96. The third-order valence-corrected chi connectivity index (χ3v) is 5.24. The molecule has 10 heteroatoms. The lowest BCUT2D eigenvalue weighted by Crippen LogP contribution is -2.48. The Morgan fingerprint density at radius 2 is 2.09 bits per heavy atom. The summed E-state index contributed by atoms with van der Waals surface area (Å²) in [7, 11) is -3.19. The molecule has 1 saturated heterocycles. The van der Waals surface area contributed by atoms with Crippen molar-refractivity contribution in [3.8, 4) is 5.75 Å². The van der Waals surface area contributed by atoms with Gasteiger partial charge < -0.3 is 15.7 Å². The number of hydrogen-bond donors (Lipinski definition) is 2. The van der Waals surface area contributed by atoms with Crippen LogP contribution in [-0.2, 0) is 9.84 Å². The predicted octanol–water partition coefficient (Wildman–Crippen LogP) is 0.367. The van der Waals surface area contributed by atoms with Crippen LogP contribution >= 0.6 is 0 Å². The van der Waals surface area contributed by atoms with Crippen LogP contribution in [0.1, 0.15) is 13.3 Å². The summed E-state index contributed by atoms with van der Waals surface area (Å²) in [4.78, 5) is 21.9. The molecule has 1 aliphatic rings. The molecule has 2 amide bonds. The minimum atomic E-state index is -3.19. The van der Waals surface area contributed by atoms with Crippen molar-refractivity contribution in [2.45, 2.75) is 18.9 Å². The molecule has 1 heterocycles. The molecule has 1 aromatic rings. The highest BCUT2D eigenvalue weighted by Gasteiger charge is 2.39. The zero-order valence-corrected chi connectivity index (χ0v) is 12.5. The number of anilines is 1. The van der Waals surface area contributed by atoms with E-state index < -0.39 is 32.1 Å². The highest BCUT2D eigenvalue weighted by Crippen LogP contribution is 2.26. The first-order valence-corrected chi connectivity index (χ1v) is 8.17. The Morgan fingerprint density at radius 3 is 2.64 bits per heavy atom. The van der Waals surface area contributed by atoms with Gasteiger partial charge in [0.15, 0.2) is 9.84 Å². The van der Waals surface area contributed by atoms with Crippen LogP contribution < -0.4 is 15.7 Å². The first-order valence-electron chi connectivity index (χ1n) is 6.35. The second-order valence-electron chi connectivity index (χ2n) is 5.42. The second kappa shape index (κ2) is 5.44. The van der Waals surface area contributed by atoms with E-state index in [-0.39, 0.29) is 29.3 Å². The number of nitro benzene ring substituents is 1. The molecule has 22 heavy (non-hydrogen) atoms. The monoisotopic (exact) mass is 328 g/mol. The van der Waals surface area contributed by atoms with Crippen LogP contribution in [0, 0.1) is 10.1 Å². The standard InChI is InChI=1S/C12H15N3O6S/c1-12(4-5-22(20,21)7-12)14-11(17)13-9-6-8(15(18)19)2-3-10(9)16/h2-3,6,16H,4-5,7H2,1H3,(H2,13,14,17)/p-1/t12-/m0/s1. The average Bonchev–Trinajstić information content (AvgIpc) is 2.65. The van der Waals surface area contributed by atoms with Gasteiger partial charge in [-0.25, -0.2) is 13.2 Å². The normalized spacial score (nSPS) is 23.0. The zero-order valence-electron chi connectivity index (χ0n) is 11.7. The predicted molar refractivity (Wildman–Crippen MR) is 76.4 cm³/mol. The fourth-order valence-electron chi connectivity index (χ4n) is 2.27. The molecular formula is C12H14N3O6S-. The smallest absolute Gasteiger partial charge is 0.319 e. The van der Waals surface area contributed by atoms with E-state index >= 15 is 0 Å². The number of benzene rings is 1. The van der Waals surface area contributed by atoms with Gasteiger partial charge in [0.25, 0.3) is 5.69 Å². The Morgan fingerprint density at radius 1 is 1.41 bits per heavy atom. The number of nitro groups is 1. The van der Waals surface area contributed by atoms with Gasteiger partial charge in [-0.2, -0.15) is 0 Å². The van der Waals surface area contributed by atoms with Gasteiger partial charge in [0.2, 0.25) is 0 Å². The van der Waals surface area contributed by atoms with Crippen molar-refractivity contribution in [2.24, 2.45) is 0 Å². The maximum absolute atomic E-state index is 11.9. The van der Waals surface area contributed by atoms with Crippen LogP contribution in [-0.4, -0.2) is 36.4 Å². The van der Waals surface area contributed by atoms with Gasteiger partial charge in [-0.1, -0.05) is 11.8 Å². The summed E-state index contributed by atoms with van der Waals surface area (Å²) in [6.07, 6.45) is 0.266. The quantitative estimate of drug-likeness (QED) is 0.606. The topological polar surface area (TPSA) is 141 Å². The number of carbonyl (C=O) groups is 1. The minimum Gasteiger partial charge on any atom is -0.871 e. The Bertz CT molecular complexity index is 732. The van der Waals surface area contributed by atoms with E-state index in [2.05, 4.69) is 10.6 Å². The van der Waals surface area contributed by atoms with Crippen LogP contribution in [0.2, 0.25) is 0 Å². The number of nitrogens with zero attached hydrogens (tertiary/aromatic N) is 1. The Balaban J connectivity index is 2.10. The second-order valence-corrected chi connectivity index (χ2v) is 7.60. The van der Waals surface area contributed by atoms with Gasteiger partial charge in [0.1, 0.15) is 0 Å². The van der Waals surface area contributed by atoms with Gasteiger partial charge in [0, 0.05) is 17.8 Å². The highest BCUT2D eigenvalue weighted by molar-refractivity contribution is 7.91. The molecule has 0 spiro atoms. The van der Waals surface area contributed by atoms with Crippen LogP contribution in [0.15, 0.2) is 18.2 Å². The summed E-state index contributed by atoms with van der Waals surface area (Å²) in [6.45, 7) is 1.59. The van der Waals surface area contributed by atoms with E-state index in [0.717, 1.165) is 18.2 Å². The molecule has 0 unspecified atom stereocenters. The number of amides is 2. The SMILES string of the molecule is C[C@]1(NC(=O)Nc2cc([N+](=O)[O-])ccc2[O-])CCS(=O)(=O)C1. The molecule has 1 aromatic carbocycles. The van der Waals surface area contributed by atoms with Crippen molar-refractivity contribution < 1.29 is 23.2 Å². The number of non-ortho nitro benzene ring substituents is 1. The van der Waals surface area contributed by atoms with Crippen molar-refractivity contribution in [1.29, 1.82) is 0 Å². The number of nitrogens with one attached hydrogen (secondary N) is 2. The molecule has 9 nitrogen and oxygen atoms in total. The first-order chi connectivity index (χ1) is 10.1. The van der Waals surface area contributed by atoms with Crippen molar-refractivity contribution in [2.75, 3.05) is 16.8 Å². The van der Waals surface area contributed by atoms with E-state index in [9.17, 15) is 28.4 Å². The maximum Gasteiger partial charge on any atom is 0.319 e. The van der Waals surface area contributed by atoms with E-state index in [1.165, 1.54) is 0 Å². The number of hydrogen-bond acceptors (Lipinski definition) is 6. The minimum absolute atomic E-state index is 0.0204. The van der Waals surface area contributed by atoms with Crippen LogP contribution in [0.5, 0.6) is 5.75 Å². The fraction of sp³-hybridized carbons (Fsp3) is 0.417. The molecule has 0 radical (unpaired) electrons. The van der Waals surface area contributed by atoms with E-state index in [1.807, 2.05) is 0 Å². The van der Waals surface area contributed by atoms with Crippen molar-refractivity contribution >= 4 is 27.2 Å². The molecule has 1 fully saturated rings. The number of urea groups is 1. The van der Waals surface area contributed by atoms with Crippen LogP contribution in [0.25, 0.3) is 0 Å². The molecule has 0 aromatic heterocycles. The summed E-state index contributed by atoms with van der Waals surface area (Å²) in [6, 6.07) is 2.19. The molecule has 0 aliphatic carbocycles. The van der Waals surface area contributed by atoms with Gasteiger partial charge in [-0.3, -0.25) is 10.1 Å². The Labute approximate surface area is 126 Å². The third-order valence-electron chi connectivity index (χ3n) is 3.34. The maximum atomic E-state index is 11.9. The number of rotatable bonds is 3. The first kappa shape index (κ1) is 16.0. The molecule has 120 valence electrons. The van der Waals surface area contributed by atoms with Crippen molar-refractivity contribution in [3.05, 3.63) is 28.3 Å². The zero-order chi connectivity index (χ0) is 16.5. The molecule has 2 rings (SSSR count).